The van der Waals surface area contributed by atoms with Gasteiger partial charge in [0.05, 0.1) is 0 Å². The second kappa shape index (κ2) is 48.0. The van der Waals surface area contributed by atoms with E-state index in [2.05, 4.69) is 315 Å². The number of rotatable bonds is 0. The van der Waals surface area contributed by atoms with Gasteiger partial charge in [-0.1, -0.05) is 354 Å². The number of hydrogen-bond donors (Lipinski definition) is 0. The van der Waals surface area contributed by atoms with Gasteiger partial charge in [0.1, 0.15) is 0 Å². The summed E-state index contributed by atoms with van der Waals surface area (Å²) in [6.07, 6.45) is 58.3. The summed E-state index contributed by atoms with van der Waals surface area (Å²) in [5.74, 6) is 5.83. The molecule has 14 aliphatic carbocycles. The maximum atomic E-state index is 2.39. The smallest absolute Gasteiger partial charge is 0.00435 e. The molecule has 0 saturated heterocycles. The Morgan fingerprint density at radius 3 is 0.347 bits per heavy atom. The van der Waals surface area contributed by atoms with Crippen molar-refractivity contribution in [2.75, 3.05) is 0 Å². The molecule has 7 spiro atoms. The number of hydrogen-bond acceptors (Lipinski definition) is 0. The molecule has 0 heterocycles. The molecule has 0 aromatic heterocycles. The van der Waals surface area contributed by atoms with E-state index in [-0.39, 0.29) is 0 Å². The Bertz CT molecular complexity index is 3560. The molecule has 0 unspecified atom stereocenters. The number of benzene rings is 7. The van der Waals surface area contributed by atoms with Crippen molar-refractivity contribution in [2.45, 2.75) is 447 Å². The molecular weight excluding hydrogens is 1420 g/mol. The maximum Gasteiger partial charge on any atom is -0.00435 e. The molecule has 0 N–H and O–H groups in total. The molecule has 0 atom stereocenters. The topological polar surface area (TPSA) is 0 Å². The van der Waals surface area contributed by atoms with Gasteiger partial charge in [0.2, 0.25) is 0 Å². The van der Waals surface area contributed by atoms with E-state index in [1.165, 1.54) is 263 Å². The van der Waals surface area contributed by atoms with Crippen LogP contribution in [0.25, 0.3) is 0 Å². The average molecular weight is 1600 g/mol. The van der Waals surface area contributed by atoms with Crippen LogP contribution in [0.5, 0.6) is 0 Å². The summed E-state index contributed by atoms with van der Waals surface area (Å²) in [5.41, 5.74) is 27.7. The molecule has 0 bridgehead atoms. The van der Waals surface area contributed by atoms with Crippen LogP contribution in [0.2, 0.25) is 0 Å². The first kappa shape index (κ1) is 98.0. The minimum absolute atomic E-state index is 0.606. The minimum Gasteiger partial charge on any atom is -0.0630 e. The largest absolute Gasteiger partial charge is 0.0630 e. The van der Waals surface area contributed by atoms with Gasteiger partial charge in [-0.05, 0) is 382 Å². The van der Waals surface area contributed by atoms with Crippen LogP contribution in [-0.4, -0.2) is 0 Å². The van der Waals surface area contributed by atoms with Crippen LogP contribution < -0.4 is 0 Å². The zero-order valence-corrected chi connectivity index (χ0v) is 80.7. The summed E-state index contributed by atoms with van der Waals surface area (Å²) in [7, 11) is 0. The van der Waals surface area contributed by atoms with Crippen molar-refractivity contribution in [2.24, 2.45) is 41.4 Å². The van der Waals surface area contributed by atoms with E-state index in [1.54, 1.807) is 77.9 Å². The molecular formula is C118H180. The summed E-state index contributed by atoms with van der Waals surface area (Å²) >= 11 is 0. The highest BCUT2D eigenvalue weighted by molar-refractivity contribution is 5.45. The van der Waals surface area contributed by atoms with E-state index >= 15 is 0 Å². The fourth-order valence-electron chi connectivity index (χ4n) is 21.5. The van der Waals surface area contributed by atoms with Gasteiger partial charge >= 0.3 is 0 Å². The molecule has 7 saturated carbocycles. The summed E-state index contributed by atoms with van der Waals surface area (Å²) in [4.78, 5) is 0. The average Bonchev–Trinajstić information content (AvgIpc) is 1.59. The number of aryl methyl sites for hydroxylation is 7. The summed E-state index contributed by atoms with van der Waals surface area (Å²) < 4.78 is 0. The van der Waals surface area contributed by atoms with Gasteiger partial charge in [0.25, 0.3) is 0 Å². The van der Waals surface area contributed by atoms with Crippen LogP contribution in [0.3, 0.4) is 0 Å². The van der Waals surface area contributed by atoms with Gasteiger partial charge in [0.15, 0.2) is 0 Å². The van der Waals surface area contributed by atoms with E-state index in [0.29, 0.717) is 37.9 Å². The summed E-state index contributed by atoms with van der Waals surface area (Å²) in [6, 6.07) is 63.6. The van der Waals surface area contributed by atoms with Gasteiger partial charge in [0, 0.05) is 0 Å². The van der Waals surface area contributed by atoms with Gasteiger partial charge in [-0.3, -0.25) is 0 Å². The first-order valence-electron chi connectivity index (χ1n) is 50.1. The standard InChI is InChI=1S/2C14H18.2C13H16.3C12H14.7C4H10/c2*1-2-8-13-12(6-1)7-5-11-14(13)9-3-4-10-14;2*1-2-7-12-11(5-1)6-3-8-13(12)9-4-10-13;3*1-2-6-11-10(4-1)5-3-7-12(11)8-9-12;7*1-4(2)3/h2*1-2,6,8H,3-5,7,9-11H2;2*1-2,5,7H,3-4,6,8-10H2;3*1-2,4,6H,3,5,7-9H2;7*4H,1-3H3. The Hall–Kier alpha value is -5.46. The van der Waals surface area contributed by atoms with Crippen molar-refractivity contribution in [1.82, 2.24) is 0 Å². The second-order valence-electron chi connectivity index (χ2n) is 44.3. The molecule has 118 heavy (non-hydrogen) atoms. The zero-order valence-electron chi connectivity index (χ0n) is 80.7. The molecule has 7 aromatic carbocycles. The van der Waals surface area contributed by atoms with E-state index in [1.807, 2.05) is 0 Å². The molecule has 0 radical (unpaired) electrons. The Labute approximate surface area is 731 Å². The Morgan fingerprint density at radius 1 is 0.136 bits per heavy atom. The number of fused-ring (bicyclic) bond motifs is 14. The van der Waals surface area contributed by atoms with Crippen molar-refractivity contribution in [3.8, 4) is 0 Å². The molecule has 0 aliphatic heterocycles. The van der Waals surface area contributed by atoms with E-state index in [0.717, 1.165) is 41.4 Å². The van der Waals surface area contributed by atoms with Crippen molar-refractivity contribution in [1.29, 1.82) is 0 Å². The SMILES string of the molecule is CC(C)C.CC(C)C.CC(C)C.CC(C)C.CC(C)C.CC(C)C.CC(C)C.c1ccc2c(c1)CCCC21CC1.c1ccc2c(c1)CCCC21CC1.c1ccc2c(c1)CCCC21CC1.c1ccc2c(c1)CCCC21CCC1.c1ccc2c(c1)CCCC21CCC1.c1ccc2c(c1)CCCC21CCCC1.c1ccc2c(c1)CCCC21CCCC1. The second-order valence-corrected chi connectivity index (χ2v) is 44.3. The molecule has 14 aliphatic rings. The van der Waals surface area contributed by atoms with E-state index < -0.39 is 0 Å². The highest BCUT2D eigenvalue weighted by Gasteiger charge is 2.49. The lowest BCUT2D eigenvalue weighted by atomic mass is 9.58. The molecule has 0 amide bonds. The predicted molar refractivity (Wildman–Crippen MR) is 523 cm³/mol. The van der Waals surface area contributed by atoms with E-state index in [9.17, 15) is 0 Å². The first-order chi connectivity index (χ1) is 56.5. The first-order valence-corrected chi connectivity index (χ1v) is 50.1. The lowest BCUT2D eigenvalue weighted by Crippen LogP contribution is -2.37. The molecule has 652 valence electrons. The van der Waals surface area contributed by atoms with Crippen LogP contribution in [0, 0.1) is 41.4 Å². The van der Waals surface area contributed by atoms with Crippen LogP contribution in [0.15, 0.2) is 170 Å². The van der Waals surface area contributed by atoms with Crippen molar-refractivity contribution in [3.05, 3.63) is 248 Å². The van der Waals surface area contributed by atoms with Crippen LogP contribution in [0.1, 0.15) is 442 Å². The van der Waals surface area contributed by atoms with Gasteiger partial charge in [-0.2, -0.15) is 0 Å². The Balaban J connectivity index is 0.000000163. The third kappa shape index (κ3) is 29.6. The van der Waals surface area contributed by atoms with E-state index in [4.69, 9.17) is 0 Å². The molecule has 0 heteroatoms. The Morgan fingerprint density at radius 2 is 0.237 bits per heavy atom. The summed E-state index contributed by atoms with van der Waals surface area (Å²) in [6.45, 7) is 45.5. The monoisotopic (exact) mass is 1600 g/mol. The highest BCUT2D eigenvalue weighted by Crippen LogP contribution is 2.59. The zero-order chi connectivity index (χ0) is 85.4. The van der Waals surface area contributed by atoms with Crippen LogP contribution in [-0.2, 0) is 82.9 Å². The third-order valence-electron chi connectivity index (χ3n) is 27.1. The highest BCUT2D eigenvalue weighted by atomic mass is 14.5. The fourth-order valence-corrected chi connectivity index (χ4v) is 21.5. The van der Waals surface area contributed by atoms with Crippen LogP contribution in [0.4, 0.5) is 0 Å². The molecule has 21 rings (SSSR count). The lowest BCUT2D eigenvalue weighted by molar-refractivity contribution is 0.209. The van der Waals surface area contributed by atoms with Gasteiger partial charge in [-0.25, -0.2) is 0 Å². The molecule has 7 fully saturated rings. The maximum absolute atomic E-state index is 2.39. The van der Waals surface area contributed by atoms with Gasteiger partial charge < -0.3 is 0 Å². The quantitative estimate of drug-likeness (QED) is 0.142. The Kier molecular flexibility index (Phi) is 39.8. The predicted octanol–water partition coefficient (Wildman–Crippen LogP) is 35.4. The molecule has 0 nitrogen and oxygen atoms in total. The van der Waals surface area contributed by atoms with Crippen molar-refractivity contribution >= 4 is 0 Å². The van der Waals surface area contributed by atoms with Gasteiger partial charge in [-0.15, -0.1) is 0 Å². The molecule has 7 aromatic rings. The van der Waals surface area contributed by atoms with Crippen molar-refractivity contribution in [3.63, 3.8) is 0 Å². The summed E-state index contributed by atoms with van der Waals surface area (Å²) in [5, 5.41) is 0. The third-order valence-corrected chi connectivity index (χ3v) is 27.1. The van der Waals surface area contributed by atoms with Crippen molar-refractivity contribution < 1.29 is 0 Å². The van der Waals surface area contributed by atoms with Crippen LogP contribution >= 0.6 is 0 Å². The fraction of sp³-hybridized carbons (Fsp3) is 0.644. The normalized spacial score (nSPS) is 20.2. The minimum atomic E-state index is 0.606. The lowest BCUT2D eigenvalue weighted by Gasteiger charge is -2.46.